The van der Waals surface area contributed by atoms with Crippen LogP contribution < -0.4 is 10.6 Å². The molecule has 1 aliphatic rings. The number of carbonyl (C=O) groups is 2. The molecular formula is C23H29N3O3. The van der Waals surface area contributed by atoms with E-state index in [1.165, 1.54) is 5.56 Å². The van der Waals surface area contributed by atoms with Crippen LogP contribution in [0.25, 0.3) is 0 Å². The Morgan fingerprint density at radius 2 is 1.72 bits per heavy atom. The van der Waals surface area contributed by atoms with Gasteiger partial charge in [-0.1, -0.05) is 38.1 Å². The van der Waals surface area contributed by atoms with E-state index >= 15 is 0 Å². The number of amides is 2. The monoisotopic (exact) mass is 395 g/mol. The summed E-state index contributed by atoms with van der Waals surface area (Å²) in [5.41, 5.74) is 3.57. The van der Waals surface area contributed by atoms with Gasteiger partial charge in [0.25, 0.3) is 5.91 Å². The second kappa shape index (κ2) is 10.2. The van der Waals surface area contributed by atoms with Gasteiger partial charge in [-0.3, -0.25) is 14.5 Å². The molecule has 0 aromatic heterocycles. The number of hydrogen-bond acceptors (Lipinski definition) is 4. The Kier molecular flexibility index (Phi) is 7.38. The predicted molar refractivity (Wildman–Crippen MR) is 114 cm³/mol. The van der Waals surface area contributed by atoms with Crippen molar-refractivity contribution in [1.82, 2.24) is 10.2 Å². The van der Waals surface area contributed by atoms with Crippen LogP contribution in [0.5, 0.6) is 0 Å². The van der Waals surface area contributed by atoms with Crippen LogP contribution in [0.1, 0.15) is 35.3 Å². The zero-order valence-electron chi connectivity index (χ0n) is 17.1. The first-order chi connectivity index (χ1) is 14.0. The molecule has 2 aromatic rings. The summed E-state index contributed by atoms with van der Waals surface area (Å²) in [7, 11) is 0. The van der Waals surface area contributed by atoms with E-state index in [-0.39, 0.29) is 17.7 Å². The molecule has 1 fully saturated rings. The van der Waals surface area contributed by atoms with Gasteiger partial charge in [0.1, 0.15) is 0 Å². The molecule has 0 radical (unpaired) electrons. The van der Waals surface area contributed by atoms with Gasteiger partial charge in [0.15, 0.2) is 0 Å². The first-order valence-corrected chi connectivity index (χ1v) is 10.1. The Morgan fingerprint density at radius 1 is 1.03 bits per heavy atom. The van der Waals surface area contributed by atoms with E-state index in [9.17, 15) is 9.59 Å². The largest absolute Gasteiger partial charge is 0.379 e. The normalized spacial score (nSPS) is 14.6. The van der Waals surface area contributed by atoms with Crippen LogP contribution in [0.15, 0.2) is 48.5 Å². The minimum atomic E-state index is -0.134. The molecule has 29 heavy (non-hydrogen) atoms. The Bertz CT molecular complexity index is 828. The Hall–Kier alpha value is -2.70. The quantitative estimate of drug-likeness (QED) is 0.756. The second-order valence-corrected chi connectivity index (χ2v) is 7.61. The lowest BCUT2D eigenvalue weighted by Crippen LogP contribution is -2.35. The molecule has 0 unspecified atom stereocenters. The number of carbonyl (C=O) groups excluding carboxylic acids is 2. The maximum absolute atomic E-state index is 12.4. The molecule has 1 saturated heterocycles. The van der Waals surface area contributed by atoms with Crippen molar-refractivity contribution in [2.24, 2.45) is 5.92 Å². The highest BCUT2D eigenvalue weighted by Gasteiger charge is 2.12. The summed E-state index contributed by atoms with van der Waals surface area (Å²) in [6.07, 6.45) is 0. The van der Waals surface area contributed by atoms with E-state index in [1.807, 2.05) is 26.0 Å². The lowest BCUT2D eigenvalue weighted by molar-refractivity contribution is -0.118. The molecule has 1 aliphatic heterocycles. The highest BCUT2D eigenvalue weighted by Crippen LogP contribution is 2.13. The number of nitrogens with zero attached hydrogens (tertiary/aromatic N) is 1. The summed E-state index contributed by atoms with van der Waals surface area (Å²) >= 11 is 0. The topological polar surface area (TPSA) is 70.7 Å². The van der Waals surface area contributed by atoms with Crippen molar-refractivity contribution in [3.63, 3.8) is 0 Å². The van der Waals surface area contributed by atoms with E-state index in [0.29, 0.717) is 17.8 Å². The molecule has 1 heterocycles. The maximum Gasteiger partial charge on any atom is 0.251 e. The third kappa shape index (κ3) is 6.41. The highest BCUT2D eigenvalue weighted by atomic mass is 16.5. The van der Waals surface area contributed by atoms with Crippen LogP contribution in [0, 0.1) is 5.92 Å². The van der Waals surface area contributed by atoms with E-state index in [0.717, 1.165) is 38.4 Å². The summed E-state index contributed by atoms with van der Waals surface area (Å²) in [6, 6.07) is 15.2. The van der Waals surface area contributed by atoms with Crippen molar-refractivity contribution >= 4 is 17.5 Å². The molecule has 3 rings (SSSR count). The van der Waals surface area contributed by atoms with E-state index in [2.05, 4.69) is 27.7 Å². The third-order valence-corrected chi connectivity index (χ3v) is 4.89. The molecule has 0 saturated carbocycles. The minimum absolute atomic E-state index is 0.0424. The van der Waals surface area contributed by atoms with Gasteiger partial charge in [0.05, 0.1) is 13.2 Å². The Morgan fingerprint density at radius 3 is 2.41 bits per heavy atom. The van der Waals surface area contributed by atoms with Gasteiger partial charge in [-0.25, -0.2) is 0 Å². The van der Waals surface area contributed by atoms with Gasteiger partial charge < -0.3 is 15.4 Å². The standard InChI is InChI=1S/C23H29N3O3/c1-17(2)22(27)25-21-8-6-20(7-9-21)23(28)24-15-18-4-3-5-19(14-18)16-26-10-12-29-13-11-26/h3-9,14,17H,10-13,15-16H2,1-2H3,(H,24,28)(H,25,27). The second-order valence-electron chi connectivity index (χ2n) is 7.61. The Balaban J connectivity index is 1.52. The molecule has 0 atom stereocenters. The lowest BCUT2D eigenvalue weighted by atomic mass is 10.1. The summed E-state index contributed by atoms with van der Waals surface area (Å²) in [5.74, 6) is -0.263. The van der Waals surface area contributed by atoms with E-state index < -0.39 is 0 Å². The molecule has 6 nitrogen and oxygen atoms in total. The number of benzene rings is 2. The summed E-state index contributed by atoms with van der Waals surface area (Å²) in [4.78, 5) is 26.6. The van der Waals surface area contributed by atoms with Crippen molar-refractivity contribution in [3.05, 3.63) is 65.2 Å². The average Bonchev–Trinajstić information content (AvgIpc) is 2.73. The third-order valence-electron chi connectivity index (χ3n) is 4.89. The molecular weight excluding hydrogens is 366 g/mol. The predicted octanol–water partition coefficient (Wildman–Crippen LogP) is 3.04. The number of nitrogens with one attached hydrogen (secondary N) is 2. The summed E-state index contributed by atoms with van der Waals surface area (Å²) in [6.45, 7) is 8.53. The van der Waals surface area contributed by atoms with E-state index in [1.54, 1.807) is 24.3 Å². The SMILES string of the molecule is CC(C)C(=O)Nc1ccc(C(=O)NCc2cccc(CN3CCOCC3)c2)cc1. The maximum atomic E-state index is 12.4. The number of anilines is 1. The molecule has 2 amide bonds. The molecule has 2 N–H and O–H groups in total. The molecule has 2 aromatic carbocycles. The number of rotatable bonds is 7. The van der Waals surface area contributed by atoms with Crippen molar-refractivity contribution in [2.75, 3.05) is 31.6 Å². The number of ether oxygens (including phenoxy) is 1. The van der Waals surface area contributed by atoms with Crippen LogP contribution in [-0.4, -0.2) is 43.0 Å². The first kappa shape index (κ1) is 21.0. The summed E-state index contributed by atoms with van der Waals surface area (Å²) < 4.78 is 5.39. The number of morpholine rings is 1. The zero-order chi connectivity index (χ0) is 20.6. The highest BCUT2D eigenvalue weighted by molar-refractivity contribution is 5.96. The molecule has 154 valence electrons. The van der Waals surface area contributed by atoms with Crippen LogP contribution in [0.2, 0.25) is 0 Å². The first-order valence-electron chi connectivity index (χ1n) is 10.1. The van der Waals surface area contributed by atoms with Gasteiger partial charge in [-0.05, 0) is 35.4 Å². The van der Waals surface area contributed by atoms with Crippen LogP contribution in [-0.2, 0) is 22.6 Å². The van der Waals surface area contributed by atoms with Gasteiger partial charge in [0, 0.05) is 43.3 Å². The van der Waals surface area contributed by atoms with Crippen molar-refractivity contribution in [2.45, 2.75) is 26.9 Å². The van der Waals surface area contributed by atoms with Gasteiger partial charge in [-0.2, -0.15) is 0 Å². The fourth-order valence-electron chi connectivity index (χ4n) is 3.13. The molecule has 0 bridgehead atoms. The minimum Gasteiger partial charge on any atom is -0.379 e. The van der Waals surface area contributed by atoms with Crippen LogP contribution in [0.4, 0.5) is 5.69 Å². The smallest absolute Gasteiger partial charge is 0.251 e. The lowest BCUT2D eigenvalue weighted by Gasteiger charge is -2.26. The average molecular weight is 396 g/mol. The van der Waals surface area contributed by atoms with E-state index in [4.69, 9.17) is 4.74 Å². The van der Waals surface area contributed by atoms with Gasteiger partial charge in [0.2, 0.25) is 5.91 Å². The molecule has 0 spiro atoms. The fourth-order valence-corrected chi connectivity index (χ4v) is 3.13. The zero-order valence-corrected chi connectivity index (χ0v) is 17.1. The number of hydrogen-bond donors (Lipinski definition) is 2. The molecule has 0 aliphatic carbocycles. The fraction of sp³-hybridized carbons (Fsp3) is 0.391. The van der Waals surface area contributed by atoms with Crippen molar-refractivity contribution < 1.29 is 14.3 Å². The molecule has 6 heteroatoms. The van der Waals surface area contributed by atoms with Crippen LogP contribution in [0.3, 0.4) is 0 Å². The van der Waals surface area contributed by atoms with Crippen molar-refractivity contribution in [1.29, 1.82) is 0 Å². The van der Waals surface area contributed by atoms with Crippen LogP contribution >= 0.6 is 0 Å². The van der Waals surface area contributed by atoms with Crippen molar-refractivity contribution in [3.8, 4) is 0 Å². The van der Waals surface area contributed by atoms with Gasteiger partial charge >= 0.3 is 0 Å². The summed E-state index contributed by atoms with van der Waals surface area (Å²) in [5, 5.41) is 5.79. The Labute approximate surface area is 172 Å². The van der Waals surface area contributed by atoms with Gasteiger partial charge in [-0.15, -0.1) is 0 Å².